The van der Waals surface area contributed by atoms with Crippen LogP contribution in [0.2, 0.25) is 15.2 Å². The molecule has 94 valence electrons. The molecule has 0 unspecified atom stereocenters. The quantitative estimate of drug-likeness (QED) is 0.924. The van der Waals surface area contributed by atoms with Crippen LogP contribution in [0.15, 0.2) is 30.6 Å². The Morgan fingerprint density at radius 3 is 2.56 bits per heavy atom. The predicted octanol–water partition coefficient (Wildman–Crippen LogP) is 4.09. The van der Waals surface area contributed by atoms with E-state index in [1.165, 1.54) is 0 Å². The van der Waals surface area contributed by atoms with Gasteiger partial charge in [0.25, 0.3) is 0 Å². The first kappa shape index (κ1) is 13.4. The van der Waals surface area contributed by atoms with Crippen LogP contribution in [0.4, 0.5) is 5.82 Å². The van der Waals surface area contributed by atoms with Crippen LogP contribution in [-0.4, -0.2) is 16.5 Å². The van der Waals surface area contributed by atoms with E-state index in [2.05, 4.69) is 15.3 Å². The van der Waals surface area contributed by atoms with Crippen LogP contribution in [0.3, 0.4) is 0 Å². The second kappa shape index (κ2) is 6.23. The molecule has 0 atom stereocenters. The van der Waals surface area contributed by atoms with E-state index in [1.54, 1.807) is 18.5 Å². The van der Waals surface area contributed by atoms with E-state index in [-0.39, 0.29) is 0 Å². The minimum absolute atomic E-state index is 0.361. The van der Waals surface area contributed by atoms with Crippen LogP contribution in [-0.2, 0) is 6.42 Å². The molecule has 0 saturated carbocycles. The minimum atomic E-state index is 0.361. The number of hydrogen-bond acceptors (Lipinski definition) is 3. The summed E-state index contributed by atoms with van der Waals surface area (Å²) in [7, 11) is 0. The predicted molar refractivity (Wildman–Crippen MR) is 75.7 cm³/mol. The molecule has 0 aliphatic carbocycles. The lowest BCUT2D eigenvalue weighted by atomic mass is 10.1. The standard InChI is InChI=1S/C12H10Cl3N3/c13-9-2-1-8(10(14)7-9)3-4-17-12-11(15)16-5-6-18-12/h1-2,5-7H,3-4H2,(H,17,18). The summed E-state index contributed by atoms with van der Waals surface area (Å²) in [4.78, 5) is 8.02. The fourth-order valence-electron chi connectivity index (χ4n) is 1.48. The zero-order chi connectivity index (χ0) is 13.0. The average molecular weight is 303 g/mol. The molecule has 3 nitrogen and oxygen atoms in total. The van der Waals surface area contributed by atoms with Crippen molar-refractivity contribution in [3.05, 3.63) is 51.4 Å². The van der Waals surface area contributed by atoms with Gasteiger partial charge in [-0.3, -0.25) is 0 Å². The molecule has 0 aliphatic heterocycles. The van der Waals surface area contributed by atoms with Crippen LogP contribution in [0, 0.1) is 0 Å². The zero-order valence-corrected chi connectivity index (χ0v) is 11.6. The molecule has 1 aromatic heterocycles. The summed E-state index contributed by atoms with van der Waals surface area (Å²) in [5.74, 6) is 0.573. The number of rotatable bonds is 4. The van der Waals surface area contributed by atoms with Gasteiger partial charge in [0.05, 0.1) is 0 Å². The first-order valence-electron chi connectivity index (χ1n) is 5.31. The fraction of sp³-hybridized carbons (Fsp3) is 0.167. The first-order chi connectivity index (χ1) is 8.66. The highest BCUT2D eigenvalue weighted by Crippen LogP contribution is 2.21. The number of nitrogens with one attached hydrogen (secondary N) is 1. The second-order valence-corrected chi connectivity index (χ2v) is 4.81. The third-order valence-electron chi connectivity index (χ3n) is 2.36. The summed E-state index contributed by atoms with van der Waals surface area (Å²) >= 11 is 17.8. The van der Waals surface area contributed by atoms with Crippen molar-refractivity contribution in [2.24, 2.45) is 0 Å². The molecule has 6 heteroatoms. The Morgan fingerprint density at radius 2 is 1.83 bits per heavy atom. The van der Waals surface area contributed by atoms with E-state index in [4.69, 9.17) is 34.8 Å². The van der Waals surface area contributed by atoms with Crippen LogP contribution >= 0.6 is 34.8 Å². The SMILES string of the molecule is Clc1ccc(CCNc2nccnc2Cl)c(Cl)c1. The van der Waals surface area contributed by atoms with E-state index in [1.807, 2.05) is 12.1 Å². The topological polar surface area (TPSA) is 37.8 Å². The summed E-state index contributed by atoms with van der Waals surface area (Å²) in [5, 5.41) is 4.76. The number of hydrogen-bond donors (Lipinski definition) is 1. The summed E-state index contributed by atoms with van der Waals surface area (Å²) in [6.07, 6.45) is 3.88. The molecule has 0 aliphatic rings. The molecule has 18 heavy (non-hydrogen) atoms. The molecule has 2 rings (SSSR count). The van der Waals surface area contributed by atoms with Crippen molar-refractivity contribution in [2.45, 2.75) is 6.42 Å². The van der Waals surface area contributed by atoms with Crippen molar-refractivity contribution in [2.75, 3.05) is 11.9 Å². The lowest BCUT2D eigenvalue weighted by Crippen LogP contribution is -2.07. The van der Waals surface area contributed by atoms with Gasteiger partial charge in [-0.15, -0.1) is 0 Å². The second-order valence-electron chi connectivity index (χ2n) is 3.61. The maximum absolute atomic E-state index is 6.08. The van der Waals surface area contributed by atoms with Crippen molar-refractivity contribution < 1.29 is 0 Å². The molecular formula is C12H10Cl3N3. The lowest BCUT2D eigenvalue weighted by molar-refractivity contribution is 1.000. The normalized spacial score (nSPS) is 10.4. The Labute approximate surface area is 120 Å². The van der Waals surface area contributed by atoms with E-state index in [0.29, 0.717) is 27.6 Å². The molecule has 0 fully saturated rings. The maximum Gasteiger partial charge on any atom is 0.171 e. The van der Waals surface area contributed by atoms with Crippen molar-refractivity contribution in [3.63, 3.8) is 0 Å². The lowest BCUT2D eigenvalue weighted by Gasteiger charge is -2.07. The zero-order valence-electron chi connectivity index (χ0n) is 9.33. The third-order valence-corrected chi connectivity index (χ3v) is 3.22. The van der Waals surface area contributed by atoms with Gasteiger partial charge in [-0.05, 0) is 24.1 Å². The van der Waals surface area contributed by atoms with Crippen LogP contribution < -0.4 is 5.32 Å². The van der Waals surface area contributed by atoms with E-state index < -0.39 is 0 Å². The van der Waals surface area contributed by atoms with Gasteiger partial charge < -0.3 is 5.32 Å². The summed E-state index contributed by atoms with van der Waals surface area (Å²) in [6, 6.07) is 5.45. The van der Waals surface area contributed by atoms with Gasteiger partial charge in [0.2, 0.25) is 0 Å². The maximum atomic E-state index is 6.08. The monoisotopic (exact) mass is 301 g/mol. The van der Waals surface area contributed by atoms with Gasteiger partial charge in [0.15, 0.2) is 11.0 Å². The van der Waals surface area contributed by atoms with Crippen molar-refractivity contribution in [1.29, 1.82) is 0 Å². The fourth-order valence-corrected chi connectivity index (χ4v) is 2.15. The highest BCUT2D eigenvalue weighted by atomic mass is 35.5. The van der Waals surface area contributed by atoms with Crippen LogP contribution in [0.25, 0.3) is 0 Å². The molecule has 1 heterocycles. The van der Waals surface area contributed by atoms with Gasteiger partial charge in [-0.25, -0.2) is 9.97 Å². The molecule has 0 saturated heterocycles. The molecule has 1 aromatic carbocycles. The van der Waals surface area contributed by atoms with Crippen molar-refractivity contribution in [3.8, 4) is 0 Å². The van der Waals surface area contributed by atoms with E-state index >= 15 is 0 Å². The molecular weight excluding hydrogens is 293 g/mol. The molecule has 0 radical (unpaired) electrons. The number of benzene rings is 1. The Kier molecular flexibility index (Phi) is 4.64. The summed E-state index contributed by atoms with van der Waals surface area (Å²) in [6.45, 7) is 0.666. The van der Waals surface area contributed by atoms with Crippen molar-refractivity contribution in [1.82, 2.24) is 9.97 Å². The Balaban J connectivity index is 1.95. The van der Waals surface area contributed by atoms with E-state index in [0.717, 1.165) is 12.0 Å². The number of nitrogens with zero attached hydrogens (tertiary/aromatic N) is 2. The van der Waals surface area contributed by atoms with Crippen LogP contribution in [0.5, 0.6) is 0 Å². The van der Waals surface area contributed by atoms with Gasteiger partial charge in [-0.2, -0.15) is 0 Å². The number of aromatic nitrogens is 2. The molecule has 0 spiro atoms. The number of halogens is 3. The van der Waals surface area contributed by atoms with Crippen molar-refractivity contribution >= 4 is 40.6 Å². The number of anilines is 1. The average Bonchev–Trinajstić information content (AvgIpc) is 2.34. The smallest absolute Gasteiger partial charge is 0.171 e. The van der Waals surface area contributed by atoms with Gasteiger partial charge in [0.1, 0.15) is 0 Å². The van der Waals surface area contributed by atoms with E-state index in [9.17, 15) is 0 Å². The highest BCUT2D eigenvalue weighted by Gasteiger charge is 2.03. The Hall–Kier alpha value is -1.03. The largest absolute Gasteiger partial charge is 0.367 e. The highest BCUT2D eigenvalue weighted by molar-refractivity contribution is 6.35. The molecule has 0 bridgehead atoms. The van der Waals surface area contributed by atoms with Crippen LogP contribution in [0.1, 0.15) is 5.56 Å². The van der Waals surface area contributed by atoms with Gasteiger partial charge >= 0.3 is 0 Å². The molecule has 2 aromatic rings. The van der Waals surface area contributed by atoms with Gasteiger partial charge in [0, 0.05) is 29.0 Å². The summed E-state index contributed by atoms with van der Waals surface area (Å²) < 4.78 is 0. The molecule has 0 amide bonds. The third kappa shape index (κ3) is 3.48. The Morgan fingerprint density at radius 1 is 1.06 bits per heavy atom. The molecule has 1 N–H and O–H groups in total. The minimum Gasteiger partial charge on any atom is -0.367 e. The first-order valence-corrected chi connectivity index (χ1v) is 6.44. The van der Waals surface area contributed by atoms with Gasteiger partial charge in [-0.1, -0.05) is 40.9 Å². The summed E-state index contributed by atoms with van der Waals surface area (Å²) in [5.41, 5.74) is 1.02. The Bertz CT molecular complexity index is 546.